The molecule has 2 aromatic carbocycles. The Bertz CT molecular complexity index is 979. The highest BCUT2D eigenvalue weighted by Crippen LogP contribution is 2.26. The van der Waals surface area contributed by atoms with Gasteiger partial charge in [0.25, 0.3) is 5.91 Å². The molecule has 0 N–H and O–H groups in total. The van der Waals surface area contributed by atoms with Crippen LogP contribution in [0.2, 0.25) is 5.02 Å². The van der Waals surface area contributed by atoms with Crippen LogP contribution in [-0.4, -0.2) is 34.1 Å². The number of benzene rings is 2. The molecule has 0 saturated carbocycles. The third-order valence-corrected chi connectivity index (χ3v) is 4.90. The van der Waals surface area contributed by atoms with Crippen LogP contribution in [0.5, 0.6) is 5.75 Å². The van der Waals surface area contributed by atoms with E-state index >= 15 is 0 Å². The van der Waals surface area contributed by atoms with Crippen molar-refractivity contribution in [2.24, 2.45) is 0 Å². The maximum atomic E-state index is 12.7. The molecule has 150 valence electrons. The van der Waals surface area contributed by atoms with Gasteiger partial charge in [-0.1, -0.05) is 53.2 Å². The fourth-order valence-corrected chi connectivity index (χ4v) is 2.93. The topological polar surface area (TPSA) is 68.5 Å². The fraction of sp³-hybridized carbons (Fsp3) is 0.227. The molecule has 0 aliphatic carbocycles. The monoisotopic (exact) mass is 411 g/mol. The summed E-state index contributed by atoms with van der Waals surface area (Å²) in [5.74, 6) is 1.21. The highest BCUT2D eigenvalue weighted by Gasteiger charge is 2.18. The summed E-state index contributed by atoms with van der Waals surface area (Å²) < 4.78 is 11.0. The van der Waals surface area contributed by atoms with E-state index < -0.39 is 0 Å². The van der Waals surface area contributed by atoms with E-state index in [9.17, 15) is 4.79 Å². The first-order chi connectivity index (χ1) is 14.0. The molecule has 0 saturated heterocycles. The fourth-order valence-electron chi connectivity index (χ4n) is 2.82. The number of halogens is 1. The average molecular weight is 412 g/mol. The summed E-state index contributed by atoms with van der Waals surface area (Å²) in [7, 11) is 0. The summed E-state index contributed by atoms with van der Waals surface area (Å²) in [4.78, 5) is 18.6. The number of carbonyl (C=O) groups excluding carboxylic acids is 1. The van der Waals surface area contributed by atoms with Crippen molar-refractivity contribution in [2.75, 3.05) is 13.2 Å². The van der Waals surface area contributed by atoms with Crippen molar-refractivity contribution in [3.63, 3.8) is 0 Å². The van der Waals surface area contributed by atoms with E-state index in [0.29, 0.717) is 29.0 Å². The summed E-state index contributed by atoms with van der Waals surface area (Å²) in [6.45, 7) is 7.90. The lowest BCUT2D eigenvalue weighted by Crippen LogP contribution is -2.34. The number of nitrogens with zero attached hydrogens (tertiary/aromatic N) is 3. The number of aryl methyl sites for hydroxylation is 2. The number of aromatic nitrogens is 2. The molecule has 1 amide bonds. The molecular weight excluding hydrogens is 390 g/mol. The minimum Gasteiger partial charge on any atom is -0.484 e. The van der Waals surface area contributed by atoms with Gasteiger partial charge in [0.2, 0.25) is 11.7 Å². The smallest absolute Gasteiger partial charge is 0.261 e. The minimum atomic E-state index is -0.213. The van der Waals surface area contributed by atoms with E-state index in [-0.39, 0.29) is 19.1 Å². The largest absolute Gasteiger partial charge is 0.484 e. The Morgan fingerprint density at radius 2 is 1.93 bits per heavy atom. The number of amides is 1. The van der Waals surface area contributed by atoms with Gasteiger partial charge in [-0.25, -0.2) is 0 Å². The van der Waals surface area contributed by atoms with Gasteiger partial charge in [-0.15, -0.1) is 6.58 Å². The van der Waals surface area contributed by atoms with Gasteiger partial charge < -0.3 is 14.2 Å². The second-order valence-corrected chi connectivity index (χ2v) is 6.98. The number of ether oxygens (including phenoxy) is 1. The molecule has 0 aliphatic rings. The van der Waals surface area contributed by atoms with Gasteiger partial charge >= 0.3 is 0 Å². The van der Waals surface area contributed by atoms with Gasteiger partial charge in [-0.05, 0) is 37.1 Å². The normalized spacial score (nSPS) is 10.6. The molecule has 6 nitrogen and oxygen atoms in total. The van der Waals surface area contributed by atoms with Crippen LogP contribution >= 0.6 is 11.6 Å². The van der Waals surface area contributed by atoms with E-state index in [1.54, 1.807) is 11.0 Å². The average Bonchev–Trinajstić information content (AvgIpc) is 3.19. The number of rotatable bonds is 8. The van der Waals surface area contributed by atoms with Gasteiger partial charge in [0.05, 0.1) is 0 Å². The minimum absolute atomic E-state index is 0.117. The molecule has 1 aromatic heterocycles. The lowest BCUT2D eigenvalue weighted by molar-refractivity contribution is -0.133. The molecule has 0 fully saturated rings. The first kappa shape index (κ1) is 20.6. The molecule has 0 spiro atoms. The molecule has 3 rings (SSSR count). The zero-order valence-corrected chi connectivity index (χ0v) is 17.1. The Morgan fingerprint density at radius 1 is 1.24 bits per heavy atom. The van der Waals surface area contributed by atoms with Crippen LogP contribution in [-0.2, 0) is 11.3 Å². The SMILES string of the molecule is C=CCN(Cc1nc(-c2ccccc2)no1)C(=O)COc1cc(C)c(Cl)c(C)c1. The third kappa shape index (κ3) is 5.23. The molecule has 0 aliphatic heterocycles. The molecule has 29 heavy (non-hydrogen) atoms. The van der Waals surface area contributed by atoms with Gasteiger partial charge in [-0.3, -0.25) is 4.79 Å². The number of carbonyl (C=O) groups is 1. The quantitative estimate of drug-likeness (QED) is 0.506. The summed E-state index contributed by atoms with van der Waals surface area (Å²) >= 11 is 6.18. The van der Waals surface area contributed by atoms with Crippen LogP contribution in [0.15, 0.2) is 59.6 Å². The van der Waals surface area contributed by atoms with Crippen LogP contribution in [0.1, 0.15) is 17.0 Å². The predicted octanol–water partition coefficient (Wildman–Crippen LogP) is 4.60. The summed E-state index contributed by atoms with van der Waals surface area (Å²) in [5.41, 5.74) is 2.65. The Balaban J connectivity index is 1.65. The molecule has 3 aromatic rings. The molecular formula is C22H22ClN3O3. The second kappa shape index (κ2) is 9.39. The van der Waals surface area contributed by atoms with Crippen molar-refractivity contribution >= 4 is 17.5 Å². The highest BCUT2D eigenvalue weighted by atomic mass is 35.5. The first-order valence-electron chi connectivity index (χ1n) is 9.14. The van der Waals surface area contributed by atoms with E-state index in [0.717, 1.165) is 16.7 Å². The zero-order valence-electron chi connectivity index (χ0n) is 16.4. The summed E-state index contributed by atoms with van der Waals surface area (Å²) in [5, 5.41) is 4.68. The van der Waals surface area contributed by atoms with Gasteiger partial charge in [-0.2, -0.15) is 4.98 Å². The van der Waals surface area contributed by atoms with Gasteiger partial charge in [0.1, 0.15) is 12.3 Å². The maximum absolute atomic E-state index is 12.7. The van der Waals surface area contributed by atoms with Crippen LogP contribution in [0, 0.1) is 13.8 Å². The Labute approximate surface area is 174 Å². The zero-order chi connectivity index (χ0) is 20.8. The van der Waals surface area contributed by atoms with Crippen molar-refractivity contribution in [1.29, 1.82) is 0 Å². The number of hydrogen-bond donors (Lipinski definition) is 0. The van der Waals surface area contributed by atoms with E-state index in [4.69, 9.17) is 20.9 Å². The lowest BCUT2D eigenvalue weighted by Gasteiger charge is -2.19. The van der Waals surface area contributed by atoms with Crippen LogP contribution in [0.4, 0.5) is 0 Å². The predicted molar refractivity (Wildman–Crippen MR) is 112 cm³/mol. The summed E-state index contributed by atoms with van der Waals surface area (Å²) in [6.07, 6.45) is 1.64. The lowest BCUT2D eigenvalue weighted by atomic mass is 10.1. The molecule has 0 radical (unpaired) electrons. The molecule has 0 unspecified atom stereocenters. The summed E-state index contributed by atoms with van der Waals surface area (Å²) in [6, 6.07) is 13.1. The van der Waals surface area contributed by atoms with E-state index in [1.807, 2.05) is 56.3 Å². The maximum Gasteiger partial charge on any atom is 0.261 e. The van der Waals surface area contributed by atoms with Crippen LogP contribution < -0.4 is 4.74 Å². The van der Waals surface area contributed by atoms with Crippen LogP contribution in [0.25, 0.3) is 11.4 Å². The van der Waals surface area contributed by atoms with Crippen molar-refractivity contribution in [3.8, 4) is 17.1 Å². The van der Waals surface area contributed by atoms with Gasteiger partial charge in [0, 0.05) is 17.1 Å². The molecule has 0 bridgehead atoms. The van der Waals surface area contributed by atoms with Crippen molar-refractivity contribution in [3.05, 3.63) is 77.2 Å². The molecule has 0 atom stereocenters. The number of hydrogen-bond acceptors (Lipinski definition) is 5. The van der Waals surface area contributed by atoms with Crippen molar-refractivity contribution in [2.45, 2.75) is 20.4 Å². The molecule has 7 heteroatoms. The third-order valence-electron chi connectivity index (χ3n) is 4.30. The van der Waals surface area contributed by atoms with E-state index in [1.165, 1.54) is 0 Å². The highest BCUT2D eigenvalue weighted by molar-refractivity contribution is 6.32. The van der Waals surface area contributed by atoms with Crippen molar-refractivity contribution in [1.82, 2.24) is 15.0 Å². The Hall–Kier alpha value is -3.12. The Kier molecular flexibility index (Phi) is 6.67. The van der Waals surface area contributed by atoms with Crippen LogP contribution in [0.3, 0.4) is 0 Å². The first-order valence-corrected chi connectivity index (χ1v) is 9.52. The van der Waals surface area contributed by atoms with E-state index in [2.05, 4.69) is 16.7 Å². The standard InChI is InChI=1S/C22H22ClN3O3/c1-4-10-26(13-19-24-22(25-29-19)17-8-6-5-7-9-17)20(27)14-28-18-11-15(2)21(23)16(3)12-18/h4-9,11-12H,1,10,13-14H2,2-3H3. The molecule has 1 heterocycles. The van der Waals surface area contributed by atoms with Crippen molar-refractivity contribution < 1.29 is 14.1 Å². The Morgan fingerprint density at radius 3 is 2.59 bits per heavy atom. The van der Waals surface area contributed by atoms with Gasteiger partial charge in [0.15, 0.2) is 6.61 Å². The second-order valence-electron chi connectivity index (χ2n) is 6.60.